The van der Waals surface area contributed by atoms with Gasteiger partial charge in [0.25, 0.3) is 0 Å². The zero-order valence-electron chi connectivity index (χ0n) is 11.5. The van der Waals surface area contributed by atoms with Crippen LogP contribution >= 0.6 is 0 Å². The van der Waals surface area contributed by atoms with E-state index in [9.17, 15) is 18.0 Å². The predicted molar refractivity (Wildman–Crippen MR) is 62.9 cm³/mol. The first-order valence-electron chi connectivity index (χ1n) is 6.05. The highest BCUT2D eigenvalue weighted by atomic mass is 19.4. The highest BCUT2D eigenvalue weighted by molar-refractivity contribution is 5.69. The van der Waals surface area contributed by atoms with Gasteiger partial charge in [-0.1, -0.05) is 0 Å². The van der Waals surface area contributed by atoms with Crippen molar-refractivity contribution < 1.29 is 27.8 Å². The molecule has 1 N–H and O–H groups in total. The molecule has 1 rings (SSSR count). The molecule has 0 saturated carbocycles. The maximum Gasteiger partial charge on any atom is 0.401 e. The Morgan fingerprint density at radius 1 is 1.37 bits per heavy atom. The van der Waals surface area contributed by atoms with E-state index in [4.69, 9.17) is 9.84 Å². The summed E-state index contributed by atoms with van der Waals surface area (Å²) in [6.07, 6.45) is -4.07. The number of hydrogen-bond acceptors (Lipinski definition) is 3. The van der Waals surface area contributed by atoms with Crippen LogP contribution in [0.5, 0.6) is 0 Å². The molecule has 1 unspecified atom stereocenters. The van der Waals surface area contributed by atoms with E-state index in [1.807, 2.05) is 0 Å². The molecule has 0 aromatic carbocycles. The first kappa shape index (κ1) is 16.2. The Morgan fingerprint density at radius 2 is 1.89 bits per heavy atom. The summed E-state index contributed by atoms with van der Waals surface area (Å²) < 4.78 is 43.5. The monoisotopic (exact) mass is 283 g/mol. The summed E-state index contributed by atoms with van der Waals surface area (Å²) in [6, 6.07) is -0.583. The normalized spacial score (nSPS) is 25.8. The molecule has 0 aromatic rings. The van der Waals surface area contributed by atoms with Crippen LogP contribution in [0.3, 0.4) is 0 Å². The number of carboxylic acid groups (broad SMARTS) is 1. The van der Waals surface area contributed by atoms with Gasteiger partial charge in [-0.2, -0.15) is 13.2 Å². The lowest BCUT2D eigenvalue weighted by atomic mass is 9.93. The lowest BCUT2D eigenvalue weighted by molar-refractivity contribution is -0.164. The fourth-order valence-electron chi connectivity index (χ4n) is 2.78. The first-order chi connectivity index (χ1) is 8.32. The summed E-state index contributed by atoms with van der Waals surface area (Å²) in [6.45, 7) is 5.08. The van der Waals surface area contributed by atoms with E-state index in [2.05, 4.69) is 0 Å². The zero-order chi connectivity index (χ0) is 15.1. The average Bonchev–Trinajstić information content (AvgIpc) is 2.29. The third-order valence-electron chi connectivity index (χ3n) is 3.19. The van der Waals surface area contributed by atoms with Gasteiger partial charge in [0.15, 0.2) is 0 Å². The molecular weight excluding hydrogens is 263 g/mol. The lowest BCUT2D eigenvalue weighted by Crippen LogP contribution is -2.51. The second-order valence-corrected chi connectivity index (χ2v) is 6.10. The largest absolute Gasteiger partial charge is 0.480 e. The van der Waals surface area contributed by atoms with Crippen molar-refractivity contribution in [1.82, 2.24) is 4.90 Å². The van der Waals surface area contributed by atoms with Gasteiger partial charge < -0.3 is 9.84 Å². The van der Waals surface area contributed by atoms with Crippen LogP contribution in [0.4, 0.5) is 13.2 Å². The minimum Gasteiger partial charge on any atom is -0.480 e. The van der Waals surface area contributed by atoms with Gasteiger partial charge in [0, 0.05) is 6.04 Å². The second-order valence-electron chi connectivity index (χ2n) is 6.10. The average molecular weight is 283 g/mol. The minimum atomic E-state index is -4.43. The maximum absolute atomic E-state index is 12.6. The summed E-state index contributed by atoms with van der Waals surface area (Å²) in [5, 5.41) is 8.79. The van der Waals surface area contributed by atoms with Crippen LogP contribution in [0.15, 0.2) is 0 Å². The second kappa shape index (κ2) is 4.94. The quantitative estimate of drug-likeness (QED) is 0.860. The summed E-state index contributed by atoms with van der Waals surface area (Å²) in [4.78, 5) is 11.7. The van der Waals surface area contributed by atoms with Gasteiger partial charge in [0.1, 0.15) is 0 Å². The van der Waals surface area contributed by atoms with Crippen LogP contribution < -0.4 is 0 Å². The molecule has 19 heavy (non-hydrogen) atoms. The van der Waals surface area contributed by atoms with Crippen LogP contribution in [0, 0.1) is 0 Å². The maximum atomic E-state index is 12.6. The van der Waals surface area contributed by atoms with Crippen LogP contribution in [0.25, 0.3) is 0 Å². The van der Waals surface area contributed by atoms with Crippen LogP contribution in [-0.4, -0.2) is 52.5 Å². The molecule has 1 atom stereocenters. The molecule has 1 fully saturated rings. The summed E-state index contributed by atoms with van der Waals surface area (Å²) in [7, 11) is 0. The molecule has 112 valence electrons. The topological polar surface area (TPSA) is 49.8 Å². The van der Waals surface area contributed by atoms with Crippen molar-refractivity contribution in [2.24, 2.45) is 0 Å². The number of ether oxygens (including phenoxy) is 1. The Balaban J connectivity index is 2.94. The zero-order valence-corrected chi connectivity index (χ0v) is 11.5. The van der Waals surface area contributed by atoms with Gasteiger partial charge in [-0.3, -0.25) is 9.69 Å². The fourth-order valence-corrected chi connectivity index (χ4v) is 2.78. The molecule has 0 spiro atoms. The molecule has 0 bridgehead atoms. The van der Waals surface area contributed by atoms with Crippen LogP contribution in [-0.2, 0) is 9.53 Å². The van der Waals surface area contributed by atoms with Crippen molar-refractivity contribution in [3.05, 3.63) is 0 Å². The van der Waals surface area contributed by atoms with Gasteiger partial charge in [-0.15, -0.1) is 0 Å². The number of carboxylic acids is 1. The van der Waals surface area contributed by atoms with E-state index in [1.165, 1.54) is 0 Å². The van der Waals surface area contributed by atoms with Crippen molar-refractivity contribution in [2.75, 3.05) is 13.1 Å². The Labute approximate surface area is 110 Å². The Morgan fingerprint density at radius 3 is 2.21 bits per heavy atom. The third kappa shape index (κ3) is 4.65. The van der Waals surface area contributed by atoms with Crippen molar-refractivity contribution >= 4 is 5.97 Å². The molecule has 4 nitrogen and oxygen atoms in total. The van der Waals surface area contributed by atoms with E-state index in [-0.39, 0.29) is 0 Å². The third-order valence-corrected chi connectivity index (χ3v) is 3.19. The molecule has 1 heterocycles. The highest BCUT2D eigenvalue weighted by Gasteiger charge is 2.50. The van der Waals surface area contributed by atoms with Crippen molar-refractivity contribution in [1.29, 1.82) is 0 Å². The van der Waals surface area contributed by atoms with Gasteiger partial charge in [-0.25, -0.2) is 0 Å². The Kier molecular flexibility index (Phi) is 4.22. The Hall–Kier alpha value is -0.820. The van der Waals surface area contributed by atoms with E-state index in [0.717, 1.165) is 4.90 Å². The predicted octanol–water partition coefficient (Wildman–Crippen LogP) is 2.28. The molecule has 1 saturated heterocycles. The van der Waals surface area contributed by atoms with E-state index >= 15 is 0 Å². The number of alkyl halides is 3. The number of hydrogen-bond donors (Lipinski definition) is 1. The van der Waals surface area contributed by atoms with Crippen molar-refractivity contribution in [3.63, 3.8) is 0 Å². The van der Waals surface area contributed by atoms with Gasteiger partial charge in [-0.05, 0) is 34.1 Å². The number of carbonyl (C=O) groups is 1. The number of nitrogens with zero attached hydrogens (tertiary/aromatic N) is 1. The van der Waals surface area contributed by atoms with Crippen molar-refractivity contribution in [2.45, 2.75) is 57.5 Å². The first-order valence-corrected chi connectivity index (χ1v) is 6.05. The Bertz CT molecular complexity index is 353. The SMILES string of the molecule is CC1(C)CC(N(CC(=O)O)CC(F)(F)F)C(C)(C)O1. The minimum absolute atomic E-state index is 0.364. The number of halogens is 3. The van der Waals surface area contributed by atoms with E-state index < -0.39 is 42.5 Å². The van der Waals surface area contributed by atoms with Gasteiger partial charge in [0.05, 0.1) is 24.3 Å². The van der Waals surface area contributed by atoms with E-state index in [0.29, 0.717) is 6.42 Å². The molecule has 0 aromatic heterocycles. The lowest BCUT2D eigenvalue weighted by Gasteiger charge is -2.35. The van der Waals surface area contributed by atoms with Gasteiger partial charge >= 0.3 is 12.1 Å². The highest BCUT2D eigenvalue weighted by Crippen LogP contribution is 2.40. The summed E-state index contributed by atoms with van der Waals surface area (Å²) in [5.41, 5.74) is -1.37. The fraction of sp³-hybridized carbons (Fsp3) is 0.917. The molecule has 1 aliphatic heterocycles. The van der Waals surface area contributed by atoms with Gasteiger partial charge in [0.2, 0.25) is 0 Å². The number of aliphatic carboxylic acids is 1. The van der Waals surface area contributed by atoms with Crippen LogP contribution in [0.2, 0.25) is 0 Å². The molecular formula is C12H20F3NO3. The smallest absolute Gasteiger partial charge is 0.401 e. The standard InChI is InChI=1S/C12H20F3NO3/c1-10(2)5-8(11(3,4)19-10)16(6-9(17)18)7-12(13,14)15/h8H,5-7H2,1-4H3,(H,17,18). The summed E-state index contributed by atoms with van der Waals surface area (Å²) >= 11 is 0. The molecule has 1 aliphatic rings. The molecule has 0 radical (unpaired) electrons. The summed E-state index contributed by atoms with van der Waals surface area (Å²) in [5.74, 6) is -1.27. The van der Waals surface area contributed by atoms with Crippen LogP contribution in [0.1, 0.15) is 34.1 Å². The molecule has 7 heteroatoms. The van der Waals surface area contributed by atoms with Crippen molar-refractivity contribution in [3.8, 4) is 0 Å². The van der Waals surface area contributed by atoms with E-state index in [1.54, 1.807) is 27.7 Å². The molecule has 0 amide bonds. The molecule has 0 aliphatic carbocycles. The number of rotatable bonds is 4.